The van der Waals surface area contributed by atoms with Gasteiger partial charge in [0.25, 0.3) is 5.91 Å². The summed E-state index contributed by atoms with van der Waals surface area (Å²) in [7, 11) is -2.13. The molecule has 2 aliphatic rings. The Balaban J connectivity index is 1.44. The van der Waals surface area contributed by atoms with Gasteiger partial charge >= 0.3 is 0 Å². The molecule has 1 N–H and O–H groups in total. The topological polar surface area (TPSA) is 84.9 Å². The fourth-order valence-corrected chi connectivity index (χ4v) is 5.91. The minimum Gasteiger partial charge on any atom is -0.493 e. The highest BCUT2D eigenvalue weighted by molar-refractivity contribution is 7.89. The smallest absolute Gasteiger partial charge is 0.267 e. The average molecular weight is 588 g/mol. The van der Waals surface area contributed by atoms with Crippen LogP contribution in [-0.2, 0) is 14.8 Å². The Bertz CT molecular complexity index is 1270. The average Bonchev–Trinajstić information content (AvgIpc) is 3.66. The molecule has 0 aromatic heterocycles. The number of amides is 1. The number of carbonyl (C=O) groups is 1. The largest absolute Gasteiger partial charge is 0.493 e. The first-order valence-electron chi connectivity index (χ1n) is 12.5. The molecule has 2 aromatic rings. The van der Waals surface area contributed by atoms with E-state index in [9.17, 15) is 17.6 Å². The maximum atomic E-state index is 14.9. The molecule has 38 heavy (non-hydrogen) atoms. The van der Waals surface area contributed by atoms with E-state index in [0.717, 1.165) is 56.2 Å². The van der Waals surface area contributed by atoms with Gasteiger partial charge in [0, 0.05) is 28.6 Å². The Labute approximate surface area is 233 Å². The van der Waals surface area contributed by atoms with Crippen molar-refractivity contribution in [2.24, 2.45) is 5.41 Å². The summed E-state index contributed by atoms with van der Waals surface area (Å²) in [6.07, 6.45) is 4.40. The van der Waals surface area contributed by atoms with E-state index in [2.05, 4.69) is 11.8 Å². The van der Waals surface area contributed by atoms with Crippen LogP contribution in [0, 0.1) is 11.2 Å². The number of hydrogen-bond donors (Lipinski definition) is 1. The summed E-state index contributed by atoms with van der Waals surface area (Å²) in [5.41, 5.74) is 1.32. The van der Waals surface area contributed by atoms with Gasteiger partial charge in [-0.25, -0.2) is 17.5 Å². The van der Waals surface area contributed by atoms with Crippen molar-refractivity contribution >= 4 is 39.1 Å². The summed E-state index contributed by atoms with van der Waals surface area (Å²) >= 11 is 12.5. The Kier molecular flexibility index (Phi) is 8.94. The first kappa shape index (κ1) is 29.1. The number of piperidine rings is 1. The second-order valence-electron chi connectivity index (χ2n) is 10.7. The lowest BCUT2D eigenvalue weighted by Gasteiger charge is -2.42. The fraction of sp³-hybridized carbons (Fsp3) is 0.519. The van der Waals surface area contributed by atoms with E-state index < -0.39 is 21.7 Å². The third-order valence-electron chi connectivity index (χ3n) is 7.26. The quantitative estimate of drug-likeness (QED) is 0.392. The second kappa shape index (κ2) is 11.7. The molecular weight excluding hydrogens is 554 g/mol. The minimum absolute atomic E-state index is 0.0165. The molecule has 2 aromatic carbocycles. The van der Waals surface area contributed by atoms with Crippen molar-refractivity contribution in [3.05, 3.63) is 62.9 Å². The number of carbonyl (C=O) groups excluding carboxylic acids is 1. The van der Waals surface area contributed by atoms with Crippen molar-refractivity contribution < 1.29 is 27.1 Å². The number of benzene rings is 2. The Hall–Kier alpha value is -1.91. The van der Waals surface area contributed by atoms with Crippen LogP contribution in [0.2, 0.25) is 10.0 Å². The zero-order valence-corrected chi connectivity index (χ0v) is 24.1. The van der Waals surface area contributed by atoms with Crippen molar-refractivity contribution in [1.29, 1.82) is 0 Å². The molecule has 1 saturated heterocycles. The van der Waals surface area contributed by atoms with Gasteiger partial charge in [0.15, 0.2) is 0 Å². The number of nitrogens with one attached hydrogen (secondary N) is 1. The molecule has 2 fully saturated rings. The zero-order valence-electron chi connectivity index (χ0n) is 21.7. The lowest BCUT2D eigenvalue weighted by atomic mass is 9.80. The molecule has 1 heterocycles. The van der Waals surface area contributed by atoms with E-state index >= 15 is 0 Å². The zero-order chi connectivity index (χ0) is 27.7. The van der Waals surface area contributed by atoms with Gasteiger partial charge in [-0.2, -0.15) is 0 Å². The van der Waals surface area contributed by atoms with Crippen LogP contribution in [0.25, 0.3) is 0 Å². The van der Waals surface area contributed by atoms with E-state index in [1.807, 2.05) is 16.9 Å². The van der Waals surface area contributed by atoms with Gasteiger partial charge in [-0.3, -0.25) is 9.69 Å². The van der Waals surface area contributed by atoms with Crippen LogP contribution in [0.1, 0.15) is 66.1 Å². The van der Waals surface area contributed by atoms with Crippen LogP contribution >= 0.6 is 23.2 Å². The highest BCUT2D eigenvalue weighted by Gasteiger charge is 2.35. The number of sulfonamides is 1. The van der Waals surface area contributed by atoms with Crippen molar-refractivity contribution in [2.45, 2.75) is 44.6 Å². The Morgan fingerprint density at radius 2 is 1.79 bits per heavy atom. The molecule has 1 amide bonds. The summed E-state index contributed by atoms with van der Waals surface area (Å²) in [4.78, 5) is 14.7. The number of nitrogens with zero attached hydrogens (tertiary/aromatic N) is 1. The van der Waals surface area contributed by atoms with Gasteiger partial charge < -0.3 is 9.47 Å². The van der Waals surface area contributed by atoms with Gasteiger partial charge in [-0.1, -0.05) is 30.1 Å². The van der Waals surface area contributed by atoms with E-state index in [4.69, 9.17) is 32.7 Å². The summed E-state index contributed by atoms with van der Waals surface area (Å²) in [6.45, 7) is 4.69. The van der Waals surface area contributed by atoms with Gasteiger partial charge in [-0.15, -0.1) is 0 Å². The summed E-state index contributed by atoms with van der Waals surface area (Å²) in [5, 5.41) is 1.17. The lowest BCUT2D eigenvalue weighted by molar-refractivity contribution is 0.0216. The molecular formula is C27H33Cl2FN2O5S. The summed E-state index contributed by atoms with van der Waals surface area (Å²) in [6, 6.07) is 8.21. The minimum atomic E-state index is -3.81. The van der Waals surface area contributed by atoms with Crippen molar-refractivity contribution in [2.75, 3.05) is 39.7 Å². The van der Waals surface area contributed by atoms with E-state index in [-0.39, 0.29) is 22.9 Å². The number of hydrogen-bond acceptors (Lipinski definition) is 6. The highest BCUT2D eigenvalue weighted by atomic mass is 35.5. The molecule has 1 saturated carbocycles. The Morgan fingerprint density at radius 3 is 2.34 bits per heavy atom. The van der Waals surface area contributed by atoms with Gasteiger partial charge in [0.1, 0.15) is 11.6 Å². The van der Waals surface area contributed by atoms with Gasteiger partial charge in [-0.05, 0) is 80.1 Å². The monoisotopic (exact) mass is 586 g/mol. The van der Waals surface area contributed by atoms with Crippen molar-refractivity contribution in [3.8, 4) is 5.75 Å². The fourth-order valence-electron chi connectivity index (χ4n) is 4.92. The molecule has 0 bridgehead atoms. The predicted molar refractivity (Wildman–Crippen MR) is 146 cm³/mol. The number of rotatable bonds is 10. The van der Waals surface area contributed by atoms with Crippen LogP contribution in [0.15, 0.2) is 30.3 Å². The standard InChI is InChI=1S/C27H33Cl2FN2O5S/c1-27(6-8-32(9-7-27)24(15-36-2)18-10-19(28)12-20(29)11-18)16-37-25-14-23(30)22(13-21(25)17-4-5-17)26(33)31-38(3,34)35/h10-14,17,24H,4-9,15-16H2,1-3H3,(H,31,33)/t24-/m1/s1. The molecule has 11 heteroatoms. The summed E-state index contributed by atoms with van der Waals surface area (Å²) in [5.74, 6) is -1.21. The molecule has 7 nitrogen and oxygen atoms in total. The summed E-state index contributed by atoms with van der Waals surface area (Å²) < 4.78 is 51.3. The van der Waals surface area contributed by atoms with Crippen LogP contribution in [-0.4, -0.2) is 58.9 Å². The first-order valence-corrected chi connectivity index (χ1v) is 15.2. The maximum absolute atomic E-state index is 14.9. The van der Waals surface area contributed by atoms with Crippen LogP contribution in [0.3, 0.4) is 0 Å². The van der Waals surface area contributed by atoms with E-state index in [1.54, 1.807) is 13.2 Å². The number of halogens is 3. The number of methoxy groups -OCH3 is 1. The third kappa shape index (κ3) is 7.39. The third-order valence-corrected chi connectivity index (χ3v) is 8.25. The SMILES string of the molecule is COC[C@H](c1cc(Cl)cc(Cl)c1)N1CCC(C)(COc2cc(F)c(C(=O)NS(C)(=O)=O)cc2C2CC2)CC1. The van der Waals surface area contributed by atoms with E-state index in [1.165, 1.54) is 12.1 Å². The van der Waals surface area contributed by atoms with Gasteiger partial charge in [0.05, 0.1) is 31.1 Å². The van der Waals surface area contributed by atoms with Crippen LogP contribution < -0.4 is 9.46 Å². The maximum Gasteiger partial charge on any atom is 0.267 e. The van der Waals surface area contributed by atoms with Crippen molar-refractivity contribution in [3.63, 3.8) is 0 Å². The molecule has 1 aliphatic carbocycles. The van der Waals surface area contributed by atoms with Crippen LogP contribution in [0.4, 0.5) is 4.39 Å². The molecule has 0 radical (unpaired) electrons. The van der Waals surface area contributed by atoms with E-state index in [0.29, 0.717) is 29.0 Å². The molecule has 1 atom stereocenters. The van der Waals surface area contributed by atoms with Crippen LogP contribution in [0.5, 0.6) is 5.75 Å². The molecule has 0 unspecified atom stereocenters. The number of ether oxygens (including phenoxy) is 2. The highest BCUT2D eigenvalue weighted by Crippen LogP contribution is 2.46. The van der Waals surface area contributed by atoms with Crippen molar-refractivity contribution in [1.82, 2.24) is 9.62 Å². The normalized spacial score (nSPS) is 18.7. The molecule has 4 rings (SSSR count). The van der Waals surface area contributed by atoms with Gasteiger partial charge in [0.2, 0.25) is 10.0 Å². The molecule has 0 spiro atoms. The predicted octanol–water partition coefficient (Wildman–Crippen LogP) is 5.57. The lowest BCUT2D eigenvalue weighted by Crippen LogP contribution is -2.44. The molecule has 1 aliphatic heterocycles. The first-order chi connectivity index (χ1) is 17.9. The Morgan fingerprint density at radius 1 is 1.16 bits per heavy atom. The molecule has 208 valence electrons. The number of likely N-dealkylation sites (tertiary alicyclic amines) is 1. The second-order valence-corrected chi connectivity index (χ2v) is 13.3.